The van der Waals surface area contributed by atoms with Crippen molar-refractivity contribution in [3.05, 3.63) is 76.4 Å². The largest absolute Gasteiger partial charge is 2.00 e. The molecule has 2 aromatic carbocycles. The summed E-state index contributed by atoms with van der Waals surface area (Å²) in [6.45, 7) is 7.12. The van der Waals surface area contributed by atoms with Gasteiger partial charge in [0, 0.05) is 5.79 Å². The van der Waals surface area contributed by atoms with Crippen LogP contribution in [-0.2, 0) is 17.1 Å². The molecular weight excluding hydrogens is 349 g/mol. The molecule has 0 aromatic heterocycles. The molecule has 2 aromatic rings. The number of rotatable bonds is 1. The molecule has 3 nitrogen and oxygen atoms in total. The third-order valence-corrected chi connectivity index (χ3v) is 3.23. The first-order valence-corrected chi connectivity index (χ1v) is 5.75. The van der Waals surface area contributed by atoms with E-state index in [1.54, 1.807) is 18.2 Å². The zero-order valence-corrected chi connectivity index (χ0v) is 14.0. The summed E-state index contributed by atoms with van der Waals surface area (Å²) in [5, 5.41) is 12.8. The molecule has 6 heteroatoms. The van der Waals surface area contributed by atoms with Gasteiger partial charge in [0.1, 0.15) is 5.82 Å². The van der Waals surface area contributed by atoms with E-state index in [2.05, 4.69) is 4.85 Å². The number of benzene rings is 2. The van der Waals surface area contributed by atoms with Crippen LogP contribution in [0.3, 0.4) is 0 Å². The molecule has 0 amide bonds. The second-order valence-corrected chi connectivity index (χ2v) is 4.37. The Bertz CT molecular complexity index is 687. The van der Waals surface area contributed by atoms with Crippen LogP contribution >= 0.6 is 0 Å². The molecule has 1 atom stereocenters. The van der Waals surface area contributed by atoms with E-state index in [1.165, 1.54) is 24.3 Å². The van der Waals surface area contributed by atoms with Gasteiger partial charge in [-0.15, -0.1) is 0 Å². The molecule has 0 radical (unpaired) electrons. The van der Waals surface area contributed by atoms with E-state index in [-0.39, 0.29) is 46.6 Å². The van der Waals surface area contributed by atoms with Gasteiger partial charge in [-0.25, -0.2) is 9.24 Å². The van der Waals surface area contributed by atoms with Gasteiger partial charge in [0.15, 0.2) is 5.69 Å². The van der Waals surface area contributed by atoms with Gasteiger partial charge in [0.25, 0.3) is 0 Å². The minimum absolute atomic E-state index is 0. The van der Waals surface area contributed by atoms with Crippen molar-refractivity contribution in [1.29, 1.82) is 0 Å². The van der Waals surface area contributed by atoms with Crippen molar-refractivity contribution in [2.75, 3.05) is 0 Å². The Morgan fingerprint density at radius 2 is 1.86 bits per heavy atom. The number of nitrogens with zero attached hydrogens (tertiary/aromatic N) is 1. The molecule has 3 rings (SSSR count). The summed E-state index contributed by atoms with van der Waals surface area (Å²) in [5.74, 6) is -2.21. The van der Waals surface area contributed by atoms with Crippen LogP contribution in [0.2, 0.25) is 0 Å². The fraction of sp³-hybridized carbons (Fsp3) is 0.133. The first kappa shape index (κ1) is 18.1. The van der Waals surface area contributed by atoms with Crippen molar-refractivity contribution in [2.24, 2.45) is 0 Å². The summed E-state index contributed by atoms with van der Waals surface area (Å²) in [7, 11) is 0. The maximum absolute atomic E-state index is 12.9. The minimum Gasteiger partial charge on any atom is -1.00 e. The predicted molar refractivity (Wildman–Crippen MR) is 70.4 cm³/mol. The zero-order chi connectivity index (χ0) is 13.5. The Morgan fingerprint density at radius 1 is 1.19 bits per heavy atom. The molecule has 1 heterocycles. The molecule has 0 fully saturated rings. The average molecular weight is 358 g/mol. The van der Waals surface area contributed by atoms with E-state index in [0.29, 0.717) is 22.4 Å². The average Bonchev–Trinajstić information content (AvgIpc) is 2.78. The van der Waals surface area contributed by atoms with Crippen molar-refractivity contribution >= 4 is 28.7 Å². The van der Waals surface area contributed by atoms with E-state index in [4.69, 9.17) is 11.3 Å². The second-order valence-electron chi connectivity index (χ2n) is 4.37. The Balaban J connectivity index is 0.00000110. The van der Waals surface area contributed by atoms with Crippen molar-refractivity contribution in [3.63, 3.8) is 0 Å². The topological polar surface area (TPSA) is 36.6 Å². The summed E-state index contributed by atoms with van der Waals surface area (Å²) >= 11 is 0. The third-order valence-electron chi connectivity index (χ3n) is 3.23. The summed E-state index contributed by atoms with van der Waals surface area (Å²) in [6.07, 6.45) is 0. The van der Waals surface area contributed by atoms with Gasteiger partial charge in [-0.2, -0.15) is 0 Å². The van der Waals surface area contributed by atoms with E-state index in [1.807, 2.05) is 0 Å². The zero-order valence-electron chi connectivity index (χ0n) is 11.0. The van der Waals surface area contributed by atoms with E-state index in [9.17, 15) is 9.50 Å². The van der Waals surface area contributed by atoms with Gasteiger partial charge < -0.3 is 26.8 Å². The van der Waals surface area contributed by atoms with Crippen molar-refractivity contribution in [2.45, 2.75) is 12.4 Å². The van der Waals surface area contributed by atoms with Crippen molar-refractivity contribution in [1.82, 2.24) is 0 Å². The number of hydrogen-bond donors (Lipinski definition) is 0. The van der Waals surface area contributed by atoms with E-state index in [0.717, 1.165) is 0 Å². The fourth-order valence-corrected chi connectivity index (χ4v) is 2.26. The molecule has 0 spiro atoms. The number of hydrogen-bond acceptors (Lipinski definition) is 2. The number of halogens is 2. The Morgan fingerprint density at radius 3 is 2.48 bits per heavy atom. The smallest absolute Gasteiger partial charge is 1.00 e. The standard InChI is InChI=1S/C15H9FNO2.BrH.Mg/c1-17-13-6-7-14-10(8-13)9-19-15(14,18)11-2-4-12(16)5-3-11;;/h2-8H,9H2;1H;/q-1;;+2/p-1. The molecule has 0 bridgehead atoms. The Hall–Kier alpha value is -0.974. The van der Waals surface area contributed by atoms with Crippen LogP contribution in [0.25, 0.3) is 4.85 Å². The maximum Gasteiger partial charge on any atom is 2.00 e. The molecule has 102 valence electrons. The SMILES string of the molecule is [Br-].[C-]#[N+]c1ccc2c(c1)COC2([O-])c1ccc(F)cc1.[Mg+2]. The molecule has 21 heavy (non-hydrogen) atoms. The Labute approximate surface area is 148 Å². The molecule has 0 saturated heterocycles. The molecule has 0 N–H and O–H groups in total. The first-order chi connectivity index (χ1) is 9.13. The summed E-state index contributed by atoms with van der Waals surface area (Å²) in [5.41, 5.74) is 2.05. The summed E-state index contributed by atoms with van der Waals surface area (Å²) in [4.78, 5) is 3.32. The van der Waals surface area contributed by atoms with Crippen LogP contribution in [0.5, 0.6) is 0 Å². The predicted octanol–water partition coefficient (Wildman–Crippen LogP) is -0.909. The molecule has 1 unspecified atom stereocenters. The van der Waals surface area contributed by atoms with Crippen LogP contribution in [-0.4, -0.2) is 23.1 Å². The summed E-state index contributed by atoms with van der Waals surface area (Å²) in [6, 6.07) is 10.2. The summed E-state index contributed by atoms with van der Waals surface area (Å²) < 4.78 is 18.3. The van der Waals surface area contributed by atoms with Crippen LogP contribution in [0.15, 0.2) is 42.5 Å². The van der Waals surface area contributed by atoms with Gasteiger partial charge in [0.2, 0.25) is 0 Å². The molecule has 0 saturated carbocycles. The van der Waals surface area contributed by atoms with E-state index < -0.39 is 11.6 Å². The maximum atomic E-state index is 12.9. The normalized spacial score (nSPS) is 18.9. The third kappa shape index (κ3) is 3.12. The fourth-order valence-electron chi connectivity index (χ4n) is 2.26. The van der Waals surface area contributed by atoms with Gasteiger partial charge in [0.05, 0.1) is 13.2 Å². The molecule has 1 aliphatic heterocycles. The monoisotopic (exact) mass is 357 g/mol. The van der Waals surface area contributed by atoms with Gasteiger partial charge >= 0.3 is 23.1 Å². The van der Waals surface area contributed by atoms with Gasteiger partial charge in [-0.05, 0) is 28.8 Å². The number of ether oxygens (including phenoxy) is 1. The molecule has 1 aliphatic rings. The van der Waals surface area contributed by atoms with Crippen LogP contribution in [0, 0.1) is 12.4 Å². The molecular formula is C15H9BrFMgNO2. The second kappa shape index (κ2) is 6.86. The van der Waals surface area contributed by atoms with Crippen LogP contribution in [0.4, 0.5) is 10.1 Å². The quantitative estimate of drug-likeness (QED) is 0.489. The minimum atomic E-state index is -1.82. The van der Waals surface area contributed by atoms with Gasteiger partial charge in [-0.3, -0.25) is 0 Å². The Kier molecular flexibility index (Phi) is 5.90. The molecule has 0 aliphatic carbocycles. The van der Waals surface area contributed by atoms with Crippen LogP contribution < -0.4 is 22.1 Å². The van der Waals surface area contributed by atoms with E-state index >= 15 is 0 Å². The first-order valence-electron chi connectivity index (χ1n) is 5.75. The number of fused-ring (bicyclic) bond motifs is 1. The van der Waals surface area contributed by atoms with Crippen molar-refractivity contribution < 1.29 is 31.2 Å². The van der Waals surface area contributed by atoms with Crippen molar-refractivity contribution in [3.8, 4) is 0 Å². The van der Waals surface area contributed by atoms with Crippen LogP contribution in [0.1, 0.15) is 16.7 Å². The van der Waals surface area contributed by atoms with Gasteiger partial charge in [-0.1, -0.05) is 30.3 Å².